The topological polar surface area (TPSA) is 33.1 Å². The lowest BCUT2D eigenvalue weighted by Crippen LogP contribution is -1.92. The number of hydrogen-bond donors (Lipinski definition) is 1. The molecule has 0 saturated carbocycles. The SMILES string of the molecule is C=C/C(=C\C=N)Oc1cccc(C)c1. The molecule has 0 unspecified atom stereocenters. The number of ether oxygens (including phenoxy) is 1. The molecule has 2 heteroatoms. The quantitative estimate of drug-likeness (QED) is 0.438. The van der Waals surface area contributed by atoms with Gasteiger partial charge in [0.05, 0.1) is 0 Å². The van der Waals surface area contributed by atoms with Crippen LogP contribution in [-0.2, 0) is 0 Å². The molecule has 1 aromatic carbocycles. The smallest absolute Gasteiger partial charge is 0.128 e. The Balaban J connectivity index is 2.82. The van der Waals surface area contributed by atoms with Crippen LogP contribution in [0.4, 0.5) is 0 Å². The summed E-state index contributed by atoms with van der Waals surface area (Å²) < 4.78 is 5.48. The van der Waals surface area contributed by atoms with Crippen LogP contribution in [0.25, 0.3) is 0 Å². The molecule has 0 atom stereocenters. The Bertz CT molecular complexity index is 366. The highest BCUT2D eigenvalue weighted by molar-refractivity contribution is 5.69. The first-order valence-electron chi connectivity index (χ1n) is 4.34. The van der Waals surface area contributed by atoms with Crippen LogP contribution in [0.5, 0.6) is 5.75 Å². The summed E-state index contributed by atoms with van der Waals surface area (Å²) in [6, 6.07) is 7.73. The van der Waals surface area contributed by atoms with Gasteiger partial charge in [0.2, 0.25) is 0 Å². The van der Waals surface area contributed by atoms with E-state index >= 15 is 0 Å². The molecule has 0 bridgehead atoms. The van der Waals surface area contributed by atoms with Gasteiger partial charge >= 0.3 is 0 Å². The van der Waals surface area contributed by atoms with Gasteiger partial charge < -0.3 is 10.1 Å². The molecule has 1 N–H and O–H groups in total. The fraction of sp³-hybridized carbons (Fsp3) is 0.0833. The van der Waals surface area contributed by atoms with Crippen molar-refractivity contribution in [2.45, 2.75) is 6.92 Å². The molecule has 0 fully saturated rings. The molecular weight excluding hydrogens is 174 g/mol. The summed E-state index contributed by atoms with van der Waals surface area (Å²) in [5.41, 5.74) is 1.14. The molecule has 0 heterocycles. The van der Waals surface area contributed by atoms with Crippen LogP contribution in [0, 0.1) is 12.3 Å². The second kappa shape index (κ2) is 5.02. The third-order valence-electron chi connectivity index (χ3n) is 1.67. The van der Waals surface area contributed by atoms with Crippen LogP contribution in [0.1, 0.15) is 5.56 Å². The summed E-state index contributed by atoms with van der Waals surface area (Å²) in [5, 5.41) is 6.92. The predicted molar refractivity (Wildman–Crippen MR) is 58.9 cm³/mol. The zero-order valence-electron chi connectivity index (χ0n) is 8.16. The maximum atomic E-state index is 6.92. The molecule has 0 amide bonds. The van der Waals surface area contributed by atoms with Crippen molar-refractivity contribution >= 4 is 6.21 Å². The van der Waals surface area contributed by atoms with E-state index < -0.39 is 0 Å². The summed E-state index contributed by atoms with van der Waals surface area (Å²) in [4.78, 5) is 0. The normalized spacial score (nSPS) is 10.8. The average Bonchev–Trinajstić information content (AvgIpc) is 2.17. The van der Waals surface area contributed by atoms with E-state index in [0.29, 0.717) is 5.76 Å². The highest BCUT2D eigenvalue weighted by Gasteiger charge is 1.95. The second-order valence-corrected chi connectivity index (χ2v) is 2.86. The molecule has 0 spiro atoms. The van der Waals surface area contributed by atoms with Crippen molar-refractivity contribution in [3.63, 3.8) is 0 Å². The van der Waals surface area contributed by atoms with Crippen LogP contribution in [0.2, 0.25) is 0 Å². The van der Waals surface area contributed by atoms with E-state index in [1.54, 1.807) is 12.2 Å². The van der Waals surface area contributed by atoms with Crippen molar-refractivity contribution in [2.24, 2.45) is 0 Å². The van der Waals surface area contributed by atoms with Gasteiger partial charge in [-0.05, 0) is 36.8 Å². The Labute approximate surface area is 84.0 Å². The first kappa shape index (κ1) is 10.3. The minimum atomic E-state index is 0.575. The zero-order chi connectivity index (χ0) is 10.4. The van der Waals surface area contributed by atoms with Crippen molar-refractivity contribution in [2.75, 3.05) is 0 Å². The molecule has 0 aliphatic heterocycles. The van der Waals surface area contributed by atoms with Crippen molar-refractivity contribution < 1.29 is 4.74 Å². The molecule has 1 aromatic rings. The molecule has 72 valence electrons. The molecule has 0 aliphatic carbocycles. The number of rotatable bonds is 4. The van der Waals surface area contributed by atoms with E-state index in [0.717, 1.165) is 11.3 Å². The van der Waals surface area contributed by atoms with Gasteiger partial charge in [0, 0.05) is 6.21 Å². The zero-order valence-corrected chi connectivity index (χ0v) is 8.16. The Morgan fingerprint density at radius 1 is 1.50 bits per heavy atom. The lowest BCUT2D eigenvalue weighted by molar-refractivity contribution is 0.445. The van der Waals surface area contributed by atoms with E-state index in [-0.39, 0.29) is 0 Å². The van der Waals surface area contributed by atoms with Crippen LogP contribution in [0.15, 0.2) is 48.8 Å². The first-order chi connectivity index (χ1) is 6.76. The van der Waals surface area contributed by atoms with Gasteiger partial charge in [-0.3, -0.25) is 0 Å². The average molecular weight is 187 g/mol. The van der Waals surface area contributed by atoms with Gasteiger partial charge in [-0.2, -0.15) is 0 Å². The number of allylic oxidation sites excluding steroid dienone is 2. The van der Waals surface area contributed by atoms with Gasteiger partial charge in [-0.15, -0.1) is 0 Å². The molecule has 0 aromatic heterocycles. The molecular formula is C12H13NO. The van der Waals surface area contributed by atoms with Gasteiger partial charge in [0.25, 0.3) is 0 Å². The summed E-state index contributed by atoms with van der Waals surface area (Å²) >= 11 is 0. The van der Waals surface area contributed by atoms with Crippen molar-refractivity contribution in [1.29, 1.82) is 5.41 Å². The van der Waals surface area contributed by atoms with Gasteiger partial charge in [0.15, 0.2) is 0 Å². The minimum absolute atomic E-state index is 0.575. The number of nitrogens with one attached hydrogen (secondary N) is 1. The summed E-state index contributed by atoms with van der Waals surface area (Å²) in [6.07, 6.45) is 4.30. The molecule has 14 heavy (non-hydrogen) atoms. The van der Waals surface area contributed by atoms with Crippen LogP contribution < -0.4 is 4.74 Å². The molecule has 0 aliphatic rings. The van der Waals surface area contributed by atoms with Crippen molar-refractivity contribution in [3.05, 3.63) is 54.3 Å². The van der Waals surface area contributed by atoms with E-state index in [1.807, 2.05) is 31.2 Å². The summed E-state index contributed by atoms with van der Waals surface area (Å²) in [5.74, 6) is 1.34. The van der Waals surface area contributed by atoms with Crippen molar-refractivity contribution in [3.8, 4) is 5.75 Å². The Kier molecular flexibility index (Phi) is 3.68. The van der Waals surface area contributed by atoms with Crippen LogP contribution in [0.3, 0.4) is 0 Å². The second-order valence-electron chi connectivity index (χ2n) is 2.86. The maximum Gasteiger partial charge on any atom is 0.128 e. The predicted octanol–water partition coefficient (Wildman–Crippen LogP) is 3.09. The maximum absolute atomic E-state index is 6.92. The Morgan fingerprint density at radius 2 is 2.29 bits per heavy atom. The van der Waals surface area contributed by atoms with E-state index in [4.69, 9.17) is 10.1 Å². The van der Waals surface area contributed by atoms with E-state index in [1.165, 1.54) is 6.21 Å². The lowest BCUT2D eigenvalue weighted by atomic mass is 10.2. The van der Waals surface area contributed by atoms with E-state index in [9.17, 15) is 0 Å². The standard InChI is InChI=1S/C12H13NO/c1-3-11(7-8-13)14-12-6-4-5-10(2)9-12/h3-9,13H,1H2,2H3/b11-7+,13-8?. The van der Waals surface area contributed by atoms with Gasteiger partial charge in [-0.1, -0.05) is 18.7 Å². The van der Waals surface area contributed by atoms with E-state index in [2.05, 4.69) is 6.58 Å². The third-order valence-corrected chi connectivity index (χ3v) is 1.67. The lowest BCUT2D eigenvalue weighted by Gasteiger charge is -2.05. The molecule has 0 saturated heterocycles. The van der Waals surface area contributed by atoms with Crippen LogP contribution in [-0.4, -0.2) is 6.21 Å². The van der Waals surface area contributed by atoms with Gasteiger partial charge in [-0.25, -0.2) is 0 Å². The largest absolute Gasteiger partial charge is 0.457 e. The fourth-order valence-electron chi connectivity index (χ4n) is 1.04. The Hall–Kier alpha value is -1.83. The third kappa shape index (κ3) is 2.90. The van der Waals surface area contributed by atoms with Crippen LogP contribution >= 0.6 is 0 Å². The fourth-order valence-corrected chi connectivity index (χ4v) is 1.04. The van der Waals surface area contributed by atoms with Crippen molar-refractivity contribution in [1.82, 2.24) is 0 Å². The van der Waals surface area contributed by atoms with Gasteiger partial charge in [0.1, 0.15) is 11.5 Å². The minimum Gasteiger partial charge on any atom is -0.457 e. The monoisotopic (exact) mass is 187 g/mol. The summed E-state index contributed by atoms with van der Waals surface area (Å²) in [6.45, 7) is 5.60. The number of aryl methyl sites for hydroxylation is 1. The Morgan fingerprint density at radius 3 is 2.86 bits per heavy atom. The molecule has 2 nitrogen and oxygen atoms in total. The number of hydrogen-bond acceptors (Lipinski definition) is 2. The highest BCUT2D eigenvalue weighted by Crippen LogP contribution is 2.15. The first-order valence-corrected chi connectivity index (χ1v) is 4.34. The molecule has 1 rings (SSSR count). The highest BCUT2D eigenvalue weighted by atomic mass is 16.5. The molecule has 0 radical (unpaired) electrons. The summed E-state index contributed by atoms with van der Waals surface area (Å²) in [7, 11) is 0. The number of benzene rings is 1.